The Balaban J connectivity index is 1.72. The fraction of sp³-hybridized carbons (Fsp3) is 0.235. The van der Waals surface area contributed by atoms with Crippen LogP contribution in [0.2, 0.25) is 0 Å². The summed E-state index contributed by atoms with van der Waals surface area (Å²) in [5.41, 5.74) is 8.13. The molecule has 0 bridgehead atoms. The molecule has 0 unspecified atom stereocenters. The lowest BCUT2D eigenvalue weighted by Crippen LogP contribution is -2.01. The van der Waals surface area contributed by atoms with Crippen molar-refractivity contribution in [1.29, 1.82) is 0 Å². The molecule has 1 N–H and O–H groups in total. The Morgan fingerprint density at radius 2 is 2.00 bits per heavy atom. The molecule has 1 aliphatic carbocycles. The molecule has 2 aromatic heterocycles. The SMILES string of the molecule is Cc1sc2ncnc(N/N=C3/CCc4ccccc43)c2c1C. The van der Waals surface area contributed by atoms with Gasteiger partial charge >= 0.3 is 0 Å². The third-order valence-electron chi connectivity index (χ3n) is 4.22. The molecule has 1 aromatic carbocycles. The molecular weight excluding hydrogens is 292 g/mol. The molecule has 0 amide bonds. The largest absolute Gasteiger partial charge is 0.260 e. The average Bonchev–Trinajstić information content (AvgIpc) is 3.07. The second-order valence-corrected chi connectivity index (χ2v) is 6.72. The second-order valence-electron chi connectivity index (χ2n) is 5.51. The van der Waals surface area contributed by atoms with Gasteiger partial charge in [-0.2, -0.15) is 5.10 Å². The van der Waals surface area contributed by atoms with E-state index in [0.717, 1.165) is 34.6 Å². The van der Waals surface area contributed by atoms with Crippen LogP contribution in [0.5, 0.6) is 0 Å². The lowest BCUT2D eigenvalue weighted by molar-refractivity contribution is 1.08. The van der Waals surface area contributed by atoms with E-state index in [4.69, 9.17) is 0 Å². The Hall–Kier alpha value is -2.27. The molecule has 22 heavy (non-hydrogen) atoms. The van der Waals surface area contributed by atoms with E-state index in [0.29, 0.717) is 0 Å². The molecule has 4 nitrogen and oxygen atoms in total. The van der Waals surface area contributed by atoms with Gasteiger partial charge in [-0.25, -0.2) is 9.97 Å². The molecule has 0 aliphatic heterocycles. The Bertz CT molecular complexity index is 895. The van der Waals surface area contributed by atoms with Crippen LogP contribution in [-0.4, -0.2) is 15.7 Å². The number of fused-ring (bicyclic) bond motifs is 2. The molecular formula is C17H16N4S. The average molecular weight is 308 g/mol. The summed E-state index contributed by atoms with van der Waals surface area (Å²) in [6.45, 7) is 4.23. The Labute approximate surface area is 132 Å². The van der Waals surface area contributed by atoms with E-state index in [1.165, 1.54) is 21.6 Å². The van der Waals surface area contributed by atoms with Gasteiger partial charge in [-0.3, -0.25) is 5.43 Å². The highest BCUT2D eigenvalue weighted by Gasteiger charge is 2.17. The van der Waals surface area contributed by atoms with Crippen molar-refractivity contribution >= 4 is 33.1 Å². The van der Waals surface area contributed by atoms with Crippen LogP contribution in [0.1, 0.15) is 28.0 Å². The molecule has 0 saturated carbocycles. The van der Waals surface area contributed by atoms with Crippen molar-refractivity contribution in [3.8, 4) is 0 Å². The molecule has 0 saturated heterocycles. The standard InChI is InChI=1S/C17H16N4S/c1-10-11(2)22-17-15(10)16(18-9-19-17)21-20-14-8-7-12-5-3-4-6-13(12)14/h3-6,9H,7-8H2,1-2H3,(H,18,19,21)/b20-14-. The first kappa shape index (κ1) is 13.4. The summed E-state index contributed by atoms with van der Waals surface area (Å²) < 4.78 is 0. The maximum atomic E-state index is 4.62. The van der Waals surface area contributed by atoms with Crippen molar-refractivity contribution in [2.24, 2.45) is 5.10 Å². The topological polar surface area (TPSA) is 50.2 Å². The molecule has 4 rings (SSSR count). The van der Waals surface area contributed by atoms with Crippen molar-refractivity contribution in [3.63, 3.8) is 0 Å². The third-order valence-corrected chi connectivity index (χ3v) is 5.34. The van der Waals surface area contributed by atoms with Gasteiger partial charge in [-0.1, -0.05) is 24.3 Å². The molecule has 0 fully saturated rings. The minimum Gasteiger partial charge on any atom is -0.260 e. The number of nitrogens with one attached hydrogen (secondary N) is 1. The van der Waals surface area contributed by atoms with E-state index in [9.17, 15) is 0 Å². The number of hydrogen-bond donors (Lipinski definition) is 1. The Kier molecular flexibility index (Phi) is 3.15. The fourth-order valence-corrected chi connectivity index (χ4v) is 3.91. The first-order chi connectivity index (χ1) is 10.7. The predicted molar refractivity (Wildman–Crippen MR) is 91.8 cm³/mol. The minimum absolute atomic E-state index is 0.795. The monoisotopic (exact) mass is 308 g/mol. The summed E-state index contributed by atoms with van der Waals surface area (Å²) in [5, 5.41) is 5.70. The van der Waals surface area contributed by atoms with Gasteiger partial charge in [0.2, 0.25) is 0 Å². The van der Waals surface area contributed by atoms with Gasteiger partial charge in [0.25, 0.3) is 0 Å². The van der Waals surface area contributed by atoms with E-state index in [2.05, 4.69) is 58.6 Å². The normalized spacial score (nSPS) is 15.5. The van der Waals surface area contributed by atoms with Gasteiger partial charge in [-0.15, -0.1) is 11.3 Å². The van der Waals surface area contributed by atoms with E-state index >= 15 is 0 Å². The lowest BCUT2D eigenvalue weighted by atomic mass is 10.1. The molecule has 2 heterocycles. The zero-order chi connectivity index (χ0) is 15.1. The third kappa shape index (κ3) is 2.09. The molecule has 5 heteroatoms. The number of nitrogens with zero attached hydrogens (tertiary/aromatic N) is 3. The van der Waals surface area contributed by atoms with Crippen LogP contribution in [0.4, 0.5) is 5.82 Å². The van der Waals surface area contributed by atoms with Crippen LogP contribution in [-0.2, 0) is 6.42 Å². The van der Waals surface area contributed by atoms with Crippen molar-refractivity contribution in [2.75, 3.05) is 5.43 Å². The maximum Gasteiger partial charge on any atom is 0.158 e. The van der Waals surface area contributed by atoms with Crippen LogP contribution in [0, 0.1) is 13.8 Å². The van der Waals surface area contributed by atoms with E-state index in [1.54, 1.807) is 17.7 Å². The van der Waals surface area contributed by atoms with Gasteiger partial charge in [0, 0.05) is 10.4 Å². The van der Waals surface area contributed by atoms with Gasteiger partial charge < -0.3 is 0 Å². The zero-order valence-electron chi connectivity index (χ0n) is 12.6. The summed E-state index contributed by atoms with van der Waals surface area (Å²) in [4.78, 5) is 11.0. The number of aryl methyl sites for hydroxylation is 3. The first-order valence-corrected chi connectivity index (χ1v) is 8.17. The highest BCUT2D eigenvalue weighted by atomic mass is 32.1. The molecule has 3 aromatic rings. The van der Waals surface area contributed by atoms with Crippen LogP contribution in [0.25, 0.3) is 10.2 Å². The maximum absolute atomic E-state index is 4.62. The predicted octanol–water partition coefficient (Wildman–Crippen LogP) is 4.07. The number of rotatable bonds is 2. The number of benzene rings is 1. The van der Waals surface area contributed by atoms with Crippen molar-refractivity contribution < 1.29 is 0 Å². The summed E-state index contributed by atoms with van der Waals surface area (Å²) in [6, 6.07) is 8.46. The molecule has 0 spiro atoms. The number of thiophene rings is 1. The fourth-order valence-electron chi connectivity index (χ4n) is 2.91. The van der Waals surface area contributed by atoms with Gasteiger partial charge in [0.1, 0.15) is 11.2 Å². The van der Waals surface area contributed by atoms with Gasteiger partial charge in [0.15, 0.2) is 5.82 Å². The van der Waals surface area contributed by atoms with Gasteiger partial charge in [0.05, 0.1) is 11.1 Å². The quantitative estimate of drug-likeness (QED) is 0.726. The van der Waals surface area contributed by atoms with Gasteiger partial charge in [-0.05, 0) is 37.8 Å². The number of hydrogen-bond acceptors (Lipinski definition) is 5. The van der Waals surface area contributed by atoms with Crippen molar-refractivity contribution in [1.82, 2.24) is 9.97 Å². The molecule has 0 radical (unpaired) electrons. The first-order valence-electron chi connectivity index (χ1n) is 7.35. The van der Waals surface area contributed by atoms with E-state index in [-0.39, 0.29) is 0 Å². The second kappa shape index (κ2) is 5.18. The Morgan fingerprint density at radius 1 is 1.14 bits per heavy atom. The van der Waals surface area contributed by atoms with Crippen molar-refractivity contribution in [3.05, 3.63) is 52.2 Å². The minimum atomic E-state index is 0.795. The lowest BCUT2D eigenvalue weighted by Gasteiger charge is -2.04. The smallest absolute Gasteiger partial charge is 0.158 e. The molecule has 1 aliphatic rings. The molecule has 110 valence electrons. The highest BCUT2D eigenvalue weighted by Crippen LogP contribution is 2.32. The summed E-state index contributed by atoms with van der Waals surface area (Å²) in [7, 11) is 0. The Morgan fingerprint density at radius 3 is 2.91 bits per heavy atom. The van der Waals surface area contributed by atoms with Crippen molar-refractivity contribution in [2.45, 2.75) is 26.7 Å². The number of hydrazone groups is 1. The summed E-state index contributed by atoms with van der Waals surface area (Å²) in [6.07, 6.45) is 3.64. The van der Waals surface area contributed by atoms with Crippen LogP contribution in [0.3, 0.4) is 0 Å². The van der Waals surface area contributed by atoms with Crippen LogP contribution >= 0.6 is 11.3 Å². The summed E-state index contributed by atoms with van der Waals surface area (Å²) >= 11 is 1.70. The van der Waals surface area contributed by atoms with Crippen LogP contribution in [0.15, 0.2) is 35.7 Å². The van der Waals surface area contributed by atoms with Crippen LogP contribution < -0.4 is 5.43 Å². The highest BCUT2D eigenvalue weighted by molar-refractivity contribution is 7.18. The number of anilines is 1. The summed E-state index contributed by atoms with van der Waals surface area (Å²) in [5.74, 6) is 0.795. The zero-order valence-corrected chi connectivity index (χ0v) is 13.4. The van der Waals surface area contributed by atoms with E-state index < -0.39 is 0 Å². The number of aromatic nitrogens is 2. The molecule has 0 atom stereocenters. The van der Waals surface area contributed by atoms with E-state index in [1.807, 2.05) is 0 Å².